The molecule has 0 radical (unpaired) electrons. The second kappa shape index (κ2) is 6.42. The van der Waals surface area contributed by atoms with Crippen LogP contribution in [0.4, 0.5) is 0 Å². The van der Waals surface area contributed by atoms with Crippen molar-refractivity contribution >= 4 is 23.2 Å². The predicted molar refractivity (Wildman–Crippen MR) is 83.0 cm³/mol. The summed E-state index contributed by atoms with van der Waals surface area (Å²) in [7, 11) is 0. The Bertz CT molecular complexity index is 549. The van der Waals surface area contributed by atoms with Crippen molar-refractivity contribution in [1.29, 1.82) is 0 Å². The molecule has 100 valence electrons. The Balaban J connectivity index is 2.02. The first-order valence-electron chi connectivity index (χ1n) is 6.29. The molecule has 2 aromatic carbocycles. The molecule has 0 aliphatic heterocycles. The Morgan fingerprint density at radius 3 is 2.37 bits per heavy atom. The van der Waals surface area contributed by atoms with E-state index in [0.29, 0.717) is 5.02 Å². The SMILES string of the molecule is Cc1ccc(CC(N)Cc2cc(Cl)ccc2Cl)cc1. The van der Waals surface area contributed by atoms with Gasteiger partial charge in [-0.15, -0.1) is 0 Å². The van der Waals surface area contributed by atoms with Crippen LogP contribution in [0.1, 0.15) is 16.7 Å². The van der Waals surface area contributed by atoms with Gasteiger partial charge in [0.1, 0.15) is 0 Å². The smallest absolute Gasteiger partial charge is 0.0439 e. The van der Waals surface area contributed by atoms with Gasteiger partial charge in [-0.1, -0.05) is 53.0 Å². The Morgan fingerprint density at radius 2 is 1.68 bits per heavy atom. The lowest BCUT2D eigenvalue weighted by Gasteiger charge is -2.13. The molecular formula is C16H17Cl2N. The summed E-state index contributed by atoms with van der Waals surface area (Å²) in [6, 6.07) is 14.0. The predicted octanol–water partition coefficient (Wildman–Crippen LogP) is 4.41. The molecule has 0 fully saturated rings. The maximum atomic E-state index is 6.19. The zero-order valence-corrected chi connectivity index (χ0v) is 12.4. The van der Waals surface area contributed by atoms with E-state index in [-0.39, 0.29) is 6.04 Å². The molecule has 2 N–H and O–H groups in total. The summed E-state index contributed by atoms with van der Waals surface area (Å²) in [4.78, 5) is 0. The average molecular weight is 294 g/mol. The summed E-state index contributed by atoms with van der Waals surface area (Å²) in [6.45, 7) is 2.08. The third-order valence-corrected chi connectivity index (χ3v) is 3.71. The molecule has 1 unspecified atom stereocenters. The van der Waals surface area contributed by atoms with Crippen molar-refractivity contribution in [1.82, 2.24) is 0 Å². The summed E-state index contributed by atoms with van der Waals surface area (Å²) < 4.78 is 0. The largest absolute Gasteiger partial charge is 0.327 e. The fourth-order valence-electron chi connectivity index (χ4n) is 2.08. The summed E-state index contributed by atoms with van der Waals surface area (Å²) >= 11 is 12.1. The van der Waals surface area contributed by atoms with Crippen molar-refractivity contribution in [2.24, 2.45) is 5.73 Å². The van der Waals surface area contributed by atoms with Crippen LogP contribution < -0.4 is 5.73 Å². The molecule has 0 amide bonds. The zero-order valence-electron chi connectivity index (χ0n) is 10.9. The van der Waals surface area contributed by atoms with Crippen LogP contribution in [-0.4, -0.2) is 6.04 Å². The van der Waals surface area contributed by atoms with Gasteiger partial charge >= 0.3 is 0 Å². The quantitative estimate of drug-likeness (QED) is 0.887. The highest BCUT2D eigenvalue weighted by molar-refractivity contribution is 6.33. The maximum Gasteiger partial charge on any atom is 0.0439 e. The number of aryl methyl sites for hydroxylation is 1. The number of rotatable bonds is 4. The van der Waals surface area contributed by atoms with Gasteiger partial charge in [0.15, 0.2) is 0 Å². The molecule has 0 aromatic heterocycles. The molecule has 0 aliphatic carbocycles. The highest BCUT2D eigenvalue weighted by Crippen LogP contribution is 2.22. The van der Waals surface area contributed by atoms with Crippen molar-refractivity contribution < 1.29 is 0 Å². The van der Waals surface area contributed by atoms with Crippen molar-refractivity contribution in [3.63, 3.8) is 0 Å². The Morgan fingerprint density at radius 1 is 1.00 bits per heavy atom. The summed E-state index contributed by atoms with van der Waals surface area (Å²) in [6.07, 6.45) is 1.57. The second-order valence-electron chi connectivity index (χ2n) is 4.89. The van der Waals surface area contributed by atoms with E-state index < -0.39 is 0 Å². The van der Waals surface area contributed by atoms with Gasteiger partial charge in [-0.05, 0) is 49.1 Å². The van der Waals surface area contributed by atoms with Gasteiger partial charge < -0.3 is 5.73 Å². The Hall–Kier alpha value is -1.02. The topological polar surface area (TPSA) is 26.0 Å². The fraction of sp³-hybridized carbons (Fsp3) is 0.250. The lowest BCUT2D eigenvalue weighted by molar-refractivity contribution is 0.665. The highest BCUT2D eigenvalue weighted by atomic mass is 35.5. The normalized spacial score (nSPS) is 12.4. The van der Waals surface area contributed by atoms with Crippen LogP contribution in [0.15, 0.2) is 42.5 Å². The molecule has 2 aromatic rings. The van der Waals surface area contributed by atoms with E-state index in [1.165, 1.54) is 11.1 Å². The molecule has 0 saturated carbocycles. The van der Waals surface area contributed by atoms with E-state index in [4.69, 9.17) is 28.9 Å². The molecule has 0 spiro atoms. The van der Waals surface area contributed by atoms with E-state index in [9.17, 15) is 0 Å². The van der Waals surface area contributed by atoms with Crippen LogP contribution in [0.5, 0.6) is 0 Å². The minimum absolute atomic E-state index is 0.0404. The van der Waals surface area contributed by atoms with E-state index >= 15 is 0 Å². The van der Waals surface area contributed by atoms with Crippen LogP contribution >= 0.6 is 23.2 Å². The van der Waals surface area contributed by atoms with Crippen molar-refractivity contribution in [2.75, 3.05) is 0 Å². The van der Waals surface area contributed by atoms with Crippen LogP contribution in [0.25, 0.3) is 0 Å². The number of nitrogens with two attached hydrogens (primary N) is 1. The molecule has 0 bridgehead atoms. The van der Waals surface area contributed by atoms with Gasteiger partial charge in [0.2, 0.25) is 0 Å². The molecule has 1 atom stereocenters. The first-order valence-corrected chi connectivity index (χ1v) is 7.05. The molecule has 19 heavy (non-hydrogen) atoms. The number of hydrogen-bond donors (Lipinski definition) is 1. The highest BCUT2D eigenvalue weighted by Gasteiger charge is 2.09. The van der Waals surface area contributed by atoms with Crippen molar-refractivity contribution in [2.45, 2.75) is 25.8 Å². The van der Waals surface area contributed by atoms with Gasteiger partial charge in [-0.25, -0.2) is 0 Å². The lowest BCUT2D eigenvalue weighted by Crippen LogP contribution is -2.25. The first kappa shape index (κ1) is 14.4. The maximum absolute atomic E-state index is 6.19. The van der Waals surface area contributed by atoms with Crippen molar-refractivity contribution in [3.05, 3.63) is 69.2 Å². The van der Waals surface area contributed by atoms with E-state index in [1.807, 2.05) is 12.1 Å². The van der Waals surface area contributed by atoms with Gasteiger partial charge in [-0.2, -0.15) is 0 Å². The van der Waals surface area contributed by atoms with E-state index in [2.05, 4.69) is 31.2 Å². The third kappa shape index (κ3) is 4.24. The number of halogens is 2. The average Bonchev–Trinajstić information content (AvgIpc) is 2.37. The van der Waals surface area contributed by atoms with E-state index in [0.717, 1.165) is 23.4 Å². The van der Waals surface area contributed by atoms with Gasteiger partial charge in [0.25, 0.3) is 0 Å². The summed E-state index contributed by atoms with van der Waals surface area (Å²) in [5.74, 6) is 0. The first-order chi connectivity index (χ1) is 9.04. The zero-order chi connectivity index (χ0) is 13.8. The Kier molecular flexibility index (Phi) is 4.87. The summed E-state index contributed by atoms with van der Waals surface area (Å²) in [5.41, 5.74) is 9.71. The second-order valence-corrected chi connectivity index (χ2v) is 5.73. The van der Waals surface area contributed by atoms with Gasteiger partial charge in [0, 0.05) is 16.1 Å². The van der Waals surface area contributed by atoms with Crippen molar-refractivity contribution in [3.8, 4) is 0 Å². The molecule has 0 saturated heterocycles. The number of hydrogen-bond acceptors (Lipinski definition) is 1. The van der Waals surface area contributed by atoms with Crippen LogP contribution in [0.2, 0.25) is 10.0 Å². The van der Waals surface area contributed by atoms with Crippen LogP contribution in [-0.2, 0) is 12.8 Å². The van der Waals surface area contributed by atoms with Gasteiger partial charge in [0.05, 0.1) is 0 Å². The minimum Gasteiger partial charge on any atom is -0.327 e. The third-order valence-electron chi connectivity index (χ3n) is 3.11. The molecule has 3 heteroatoms. The summed E-state index contributed by atoms with van der Waals surface area (Å²) in [5, 5.41) is 1.42. The molecule has 0 aliphatic rings. The monoisotopic (exact) mass is 293 g/mol. The molecule has 0 heterocycles. The van der Waals surface area contributed by atoms with E-state index in [1.54, 1.807) is 6.07 Å². The molecule has 1 nitrogen and oxygen atoms in total. The Labute approximate surface area is 124 Å². The molecular weight excluding hydrogens is 277 g/mol. The fourth-order valence-corrected chi connectivity index (χ4v) is 2.47. The van der Waals surface area contributed by atoms with Crippen LogP contribution in [0.3, 0.4) is 0 Å². The lowest BCUT2D eigenvalue weighted by atomic mass is 9.99. The standard InChI is InChI=1S/C16H17Cl2N/c1-11-2-4-12(5-3-11)8-15(19)10-13-9-14(17)6-7-16(13)18/h2-7,9,15H,8,10,19H2,1H3. The minimum atomic E-state index is 0.0404. The van der Waals surface area contributed by atoms with Crippen LogP contribution in [0, 0.1) is 6.92 Å². The number of benzene rings is 2. The molecule has 2 rings (SSSR count). The van der Waals surface area contributed by atoms with Gasteiger partial charge in [-0.3, -0.25) is 0 Å².